The first kappa shape index (κ1) is 42.0. The second-order valence-electron chi connectivity index (χ2n) is 18.0. The van der Waals surface area contributed by atoms with E-state index < -0.39 is 0 Å². The van der Waals surface area contributed by atoms with Gasteiger partial charge in [0, 0.05) is 49.4 Å². The summed E-state index contributed by atoms with van der Waals surface area (Å²) in [6.07, 6.45) is 0. The van der Waals surface area contributed by atoms with Crippen molar-refractivity contribution < 1.29 is 0 Å². The molecule has 0 N–H and O–H groups in total. The summed E-state index contributed by atoms with van der Waals surface area (Å²) in [5.74, 6) is 0.636. The maximum absolute atomic E-state index is 9.90. The van der Waals surface area contributed by atoms with Gasteiger partial charge in [0.2, 0.25) is 0 Å². The Hall–Kier alpha value is -10.1. The van der Waals surface area contributed by atoms with Gasteiger partial charge >= 0.3 is 0 Å². The summed E-state index contributed by atoms with van der Waals surface area (Å²) in [6, 6.07) is 88.7. The fourth-order valence-electron chi connectivity index (χ4n) is 10.5. The molecule has 0 saturated carbocycles. The van der Waals surface area contributed by atoms with E-state index in [0.29, 0.717) is 17.0 Å². The lowest BCUT2D eigenvalue weighted by atomic mass is 9.93. The predicted octanol–water partition coefficient (Wildman–Crippen LogP) is 16.4. The van der Waals surface area contributed by atoms with Crippen LogP contribution in [-0.4, -0.2) is 19.1 Å². The molecule has 3 aromatic heterocycles. The second-order valence-corrected chi connectivity index (χ2v) is 18.0. The van der Waals surface area contributed by atoms with Gasteiger partial charge in [-0.2, -0.15) is 10.5 Å². The Balaban J connectivity index is 1.15. The molecular formula is C66H40N6. The number of aromatic nitrogens is 4. The second kappa shape index (κ2) is 17.4. The average Bonchev–Trinajstić information content (AvgIpc) is 3.97. The van der Waals surface area contributed by atoms with Gasteiger partial charge in [-0.3, -0.25) is 0 Å². The Labute approximate surface area is 415 Å². The van der Waals surface area contributed by atoms with Gasteiger partial charge in [-0.25, -0.2) is 9.97 Å². The average molecular weight is 917 g/mol. The molecule has 3 heterocycles. The van der Waals surface area contributed by atoms with Crippen molar-refractivity contribution in [3.63, 3.8) is 0 Å². The third kappa shape index (κ3) is 7.10. The lowest BCUT2D eigenvalue weighted by Gasteiger charge is -2.22. The zero-order chi connectivity index (χ0) is 48.1. The Morgan fingerprint density at radius 3 is 1.36 bits per heavy atom. The molecule has 0 fully saturated rings. The molecule has 13 aromatic rings. The van der Waals surface area contributed by atoms with E-state index in [0.717, 1.165) is 106 Å². The van der Waals surface area contributed by atoms with Crippen LogP contribution in [-0.2, 0) is 0 Å². The molecule has 0 atom stereocenters. The van der Waals surface area contributed by atoms with Crippen LogP contribution >= 0.6 is 0 Å². The number of nitrogens with zero attached hydrogens (tertiary/aromatic N) is 6. The van der Waals surface area contributed by atoms with E-state index >= 15 is 0 Å². The minimum absolute atomic E-state index is 0.605. The van der Waals surface area contributed by atoms with Gasteiger partial charge in [0.25, 0.3) is 0 Å². The quantitative estimate of drug-likeness (QED) is 0.152. The van der Waals surface area contributed by atoms with Crippen LogP contribution in [0.15, 0.2) is 243 Å². The number of benzene rings is 10. The van der Waals surface area contributed by atoms with E-state index in [-0.39, 0.29) is 0 Å². The lowest BCUT2D eigenvalue weighted by molar-refractivity contribution is 1.15. The molecule has 0 spiro atoms. The largest absolute Gasteiger partial charge is 0.309 e. The van der Waals surface area contributed by atoms with E-state index in [1.165, 1.54) is 10.8 Å². The molecule has 10 aromatic carbocycles. The minimum atomic E-state index is 0.605. The van der Waals surface area contributed by atoms with Gasteiger partial charge in [-0.05, 0) is 101 Å². The van der Waals surface area contributed by atoms with Crippen molar-refractivity contribution in [1.29, 1.82) is 10.5 Å². The molecule has 72 heavy (non-hydrogen) atoms. The van der Waals surface area contributed by atoms with E-state index in [1.54, 1.807) is 0 Å². The molecule has 0 amide bonds. The number of hydrogen-bond acceptors (Lipinski definition) is 4. The first-order chi connectivity index (χ1) is 35.6. The summed E-state index contributed by atoms with van der Waals surface area (Å²) in [7, 11) is 0. The monoisotopic (exact) mass is 916 g/mol. The Morgan fingerprint density at radius 1 is 0.306 bits per heavy atom. The van der Waals surface area contributed by atoms with Crippen LogP contribution in [0.25, 0.3) is 122 Å². The maximum atomic E-state index is 9.90. The van der Waals surface area contributed by atoms with Crippen LogP contribution in [0.5, 0.6) is 0 Å². The predicted molar refractivity (Wildman–Crippen MR) is 293 cm³/mol. The molecule has 0 aliphatic heterocycles. The van der Waals surface area contributed by atoms with Crippen LogP contribution in [0.3, 0.4) is 0 Å². The third-order valence-corrected chi connectivity index (χ3v) is 13.8. The fraction of sp³-hybridized carbons (Fsp3) is 0. The Bertz CT molecular complexity index is 4130. The first-order valence-electron chi connectivity index (χ1n) is 23.9. The summed E-state index contributed by atoms with van der Waals surface area (Å²) in [5.41, 5.74) is 17.9. The lowest BCUT2D eigenvalue weighted by Crippen LogP contribution is -2.04. The van der Waals surface area contributed by atoms with Gasteiger partial charge < -0.3 is 9.13 Å². The number of rotatable bonds is 8. The summed E-state index contributed by atoms with van der Waals surface area (Å²) >= 11 is 0. The molecule has 334 valence electrons. The van der Waals surface area contributed by atoms with Crippen LogP contribution < -0.4 is 0 Å². The Morgan fingerprint density at radius 2 is 0.750 bits per heavy atom. The molecule has 0 aliphatic rings. The smallest absolute Gasteiger partial charge is 0.160 e. The number of hydrogen-bond donors (Lipinski definition) is 0. The van der Waals surface area contributed by atoms with E-state index in [4.69, 9.17) is 9.97 Å². The minimum Gasteiger partial charge on any atom is -0.309 e. The fourth-order valence-corrected chi connectivity index (χ4v) is 10.5. The van der Waals surface area contributed by atoms with Gasteiger partial charge in [0.1, 0.15) is 0 Å². The number of fused-ring (bicyclic) bond motifs is 6. The summed E-state index contributed by atoms with van der Waals surface area (Å²) in [5, 5.41) is 24.3. The summed E-state index contributed by atoms with van der Waals surface area (Å²) < 4.78 is 4.80. The molecule has 13 rings (SSSR count). The highest BCUT2D eigenvalue weighted by Crippen LogP contribution is 2.46. The highest BCUT2D eigenvalue weighted by atomic mass is 15.0. The normalized spacial score (nSPS) is 11.3. The van der Waals surface area contributed by atoms with E-state index in [2.05, 4.69) is 191 Å². The van der Waals surface area contributed by atoms with Gasteiger partial charge in [-0.15, -0.1) is 0 Å². The van der Waals surface area contributed by atoms with E-state index in [9.17, 15) is 10.5 Å². The van der Waals surface area contributed by atoms with Crippen LogP contribution in [0.2, 0.25) is 0 Å². The summed E-state index contributed by atoms with van der Waals surface area (Å²) in [4.78, 5) is 10.7. The van der Waals surface area contributed by atoms with Crippen molar-refractivity contribution in [2.24, 2.45) is 0 Å². The van der Waals surface area contributed by atoms with Crippen LogP contribution in [0, 0.1) is 22.7 Å². The zero-order valence-electron chi connectivity index (χ0n) is 38.8. The highest BCUT2D eigenvalue weighted by molar-refractivity contribution is 6.13. The highest BCUT2D eigenvalue weighted by Gasteiger charge is 2.25. The number of nitriles is 2. The van der Waals surface area contributed by atoms with Crippen molar-refractivity contribution in [1.82, 2.24) is 19.1 Å². The van der Waals surface area contributed by atoms with Crippen molar-refractivity contribution >= 4 is 43.6 Å². The van der Waals surface area contributed by atoms with E-state index in [1.807, 2.05) is 72.8 Å². The Kier molecular flexibility index (Phi) is 10.2. The van der Waals surface area contributed by atoms with Crippen LogP contribution in [0.1, 0.15) is 11.1 Å². The van der Waals surface area contributed by atoms with Crippen molar-refractivity contribution in [3.8, 4) is 90.8 Å². The third-order valence-electron chi connectivity index (χ3n) is 13.8. The van der Waals surface area contributed by atoms with Crippen molar-refractivity contribution in [3.05, 3.63) is 254 Å². The van der Waals surface area contributed by atoms with Gasteiger partial charge in [0.05, 0.1) is 68.1 Å². The standard InChI is InChI=1S/C66H40N6/c67-41-43-16-13-22-47(36-43)49-32-34-62-55(38-49)56-39-50(48-23-14-17-44(37-48)42-68)33-35-63(56)72(62)64-31-15-27-53(58-40-57(45-18-3-1-4-19-45)69-66(70-58)46-20-5-2-6-21-46)65(64)54-26-9-12-30-61(54)71-59-28-10-7-24-51(59)52-25-8-11-29-60(52)71/h1-40H. The van der Waals surface area contributed by atoms with Gasteiger partial charge in [-0.1, -0.05) is 164 Å². The molecule has 0 bridgehead atoms. The van der Waals surface area contributed by atoms with Crippen molar-refractivity contribution in [2.45, 2.75) is 0 Å². The van der Waals surface area contributed by atoms with Crippen molar-refractivity contribution in [2.75, 3.05) is 0 Å². The molecule has 0 unspecified atom stereocenters. The molecule has 6 nitrogen and oxygen atoms in total. The SMILES string of the molecule is N#Cc1cccc(-c2ccc3c(c2)c2cc(-c4cccc(C#N)c4)ccc2n3-c2cccc(-c3cc(-c4ccccc4)nc(-c4ccccc4)n3)c2-c2ccccc2-n2c3ccccc3c3ccccc32)c1. The van der Waals surface area contributed by atoms with Gasteiger partial charge in [0.15, 0.2) is 5.82 Å². The molecule has 0 aliphatic carbocycles. The summed E-state index contributed by atoms with van der Waals surface area (Å²) in [6.45, 7) is 0. The molecule has 0 saturated heterocycles. The maximum Gasteiger partial charge on any atom is 0.160 e. The molecule has 6 heteroatoms. The molecular weight excluding hydrogens is 877 g/mol. The van der Waals surface area contributed by atoms with Crippen LogP contribution in [0.4, 0.5) is 0 Å². The zero-order valence-corrected chi connectivity index (χ0v) is 38.8. The first-order valence-corrected chi connectivity index (χ1v) is 23.9. The number of para-hydroxylation sites is 3. The topological polar surface area (TPSA) is 83.2 Å². The molecule has 0 radical (unpaired) electrons.